The molecular weight excluding hydrogens is 380 g/mol. The van der Waals surface area contributed by atoms with Gasteiger partial charge in [-0.2, -0.15) is 0 Å². The van der Waals surface area contributed by atoms with Crippen LogP contribution in [0.5, 0.6) is 0 Å². The third kappa shape index (κ3) is 5.86. The zero-order chi connectivity index (χ0) is 21.4. The molecule has 29 heavy (non-hydrogen) atoms. The van der Waals surface area contributed by atoms with E-state index in [9.17, 15) is 29.6 Å². The van der Waals surface area contributed by atoms with Crippen LogP contribution in [0.3, 0.4) is 0 Å². The van der Waals surface area contributed by atoms with Crippen molar-refractivity contribution in [1.82, 2.24) is 5.32 Å². The average molecular weight is 400 g/mol. The number of hydrogen-bond donors (Lipinski definition) is 2. The largest absolute Gasteiger partial charge is 0.478 e. The van der Waals surface area contributed by atoms with E-state index in [0.717, 1.165) is 5.56 Å². The highest BCUT2D eigenvalue weighted by Gasteiger charge is 2.24. The zero-order valence-corrected chi connectivity index (χ0v) is 15.7. The fraction of sp³-hybridized carbons (Fsp3) is 0.250. The van der Waals surface area contributed by atoms with E-state index >= 15 is 0 Å². The number of benzene rings is 2. The lowest BCUT2D eigenvalue weighted by Gasteiger charge is -2.18. The number of nitro benzene ring substituents is 1. The predicted octanol–water partition coefficient (Wildman–Crippen LogP) is 2.59. The minimum atomic E-state index is -1.26. The molecule has 0 bridgehead atoms. The van der Waals surface area contributed by atoms with Crippen LogP contribution in [0.2, 0.25) is 0 Å². The van der Waals surface area contributed by atoms with Gasteiger partial charge in [-0.05, 0) is 37.5 Å². The molecule has 152 valence electrons. The molecule has 1 atom stereocenters. The van der Waals surface area contributed by atoms with Gasteiger partial charge in [0.15, 0.2) is 0 Å². The molecule has 0 aliphatic carbocycles. The van der Waals surface area contributed by atoms with Crippen molar-refractivity contribution >= 4 is 23.5 Å². The summed E-state index contributed by atoms with van der Waals surface area (Å²) in [6, 6.07) is 10.5. The Labute approximate surface area is 166 Å². The number of carboxylic acids is 1. The van der Waals surface area contributed by atoms with Crippen molar-refractivity contribution in [3.8, 4) is 0 Å². The van der Waals surface area contributed by atoms with Gasteiger partial charge in [0.2, 0.25) is 0 Å². The second-order valence-electron chi connectivity index (χ2n) is 6.09. The molecule has 0 saturated carbocycles. The summed E-state index contributed by atoms with van der Waals surface area (Å²) in [5, 5.41) is 22.5. The summed E-state index contributed by atoms with van der Waals surface area (Å²) in [5.41, 5.74) is 0.451. The lowest BCUT2D eigenvalue weighted by molar-refractivity contribution is -0.384. The summed E-state index contributed by atoms with van der Waals surface area (Å²) >= 11 is 0. The number of carbonyl (C=O) groups excluding carboxylic acids is 2. The van der Waals surface area contributed by atoms with E-state index in [2.05, 4.69) is 5.32 Å². The Morgan fingerprint density at radius 3 is 2.28 bits per heavy atom. The summed E-state index contributed by atoms with van der Waals surface area (Å²) in [4.78, 5) is 46.3. The van der Waals surface area contributed by atoms with Crippen molar-refractivity contribution in [3.63, 3.8) is 0 Å². The minimum absolute atomic E-state index is 0.0470. The van der Waals surface area contributed by atoms with Crippen LogP contribution in [0.1, 0.15) is 39.6 Å². The van der Waals surface area contributed by atoms with Gasteiger partial charge in [0.1, 0.15) is 6.04 Å². The summed E-state index contributed by atoms with van der Waals surface area (Å²) in [6.45, 7) is 1.75. The standard InChI is InChI=1S/C20H20N2O7/c1-2-29-20(26)17(12-9-13-7-10-14(11-8-13)22(27)28)21-18(23)15-5-3-4-6-16(15)19(24)25/h3-8,10-11,17H,2,9,12H2,1H3,(H,21,23)(H,24,25)/t17-/m1/s1. The minimum Gasteiger partial charge on any atom is -0.478 e. The van der Waals surface area contributed by atoms with E-state index in [4.69, 9.17) is 4.74 Å². The molecule has 0 radical (unpaired) electrons. The van der Waals surface area contributed by atoms with Gasteiger partial charge in [-0.1, -0.05) is 24.3 Å². The van der Waals surface area contributed by atoms with E-state index in [1.807, 2.05) is 0 Å². The Kier molecular flexibility index (Phi) is 7.41. The van der Waals surface area contributed by atoms with Crippen LogP contribution in [-0.4, -0.2) is 40.5 Å². The van der Waals surface area contributed by atoms with E-state index in [1.165, 1.54) is 36.4 Å². The van der Waals surface area contributed by atoms with Gasteiger partial charge in [-0.3, -0.25) is 14.9 Å². The van der Waals surface area contributed by atoms with Crippen LogP contribution in [-0.2, 0) is 16.0 Å². The smallest absolute Gasteiger partial charge is 0.336 e. The number of rotatable bonds is 9. The summed E-state index contributed by atoms with van der Waals surface area (Å²) in [6.07, 6.45) is 0.528. The van der Waals surface area contributed by atoms with Crippen molar-refractivity contribution in [2.45, 2.75) is 25.8 Å². The highest BCUT2D eigenvalue weighted by Crippen LogP contribution is 2.15. The molecular formula is C20H20N2O7. The van der Waals surface area contributed by atoms with E-state index in [-0.39, 0.29) is 29.8 Å². The number of amides is 1. The number of aryl methyl sites for hydroxylation is 1. The van der Waals surface area contributed by atoms with Crippen LogP contribution in [0.25, 0.3) is 0 Å². The lowest BCUT2D eigenvalue weighted by Crippen LogP contribution is -2.42. The zero-order valence-electron chi connectivity index (χ0n) is 15.7. The van der Waals surface area contributed by atoms with Gasteiger partial charge in [0.25, 0.3) is 11.6 Å². The van der Waals surface area contributed by atoms with Crippen molar-refractivity contribution < 1.29 is 29.2 Å². The quantitative estimate of drug-likeness (QED) is 0.375. The number of nitro groups is 1. The average Bonchev–Trinajstić information content (AvgIpc) is 2.71. The molecule has 9 heteroatoms. The fourth-order valence-corrected chi connectivity index (χ4v) is 2.69. The van der Waals surface area contributed by atoms with Gasteiger partial charge in [-0.15, -0.1) is 0 Å². The van der Waals surface area contributed by atoms with Crippen molar-refractivity contribution in [1.29, 1.82) is 0 Å². The van der Waals surface area contributed by atoms with Crippen LogP contribution in [0, 0.1) is 10.1 Å². The number of ether oxygens (including phenoxy) is 1. The Balaban J connectivity index is 2.14. The maximum absolute atomic E-state index is 12.6. The Bertz CT molecular complexity index is 909. The molecule has 0 spiro atoms. The first-order valence-corrected chi connectivity index (χ1v) is 8.86. The predicted molar refractivity (Wildman–Crippen MR) is 103 cm³/mol. The molecule has 0 unspecified atom stereocenters. The maximum atomic E-state index is 12.6. The monoisotopic (exact) mass is 400 g/mol. The summed E-state index contributed by atoms with van der Waals surface area (Å²) in [5.74, 6) is -2.60. The first-order valence-electron chi connectivity index (χ1n) is 8.86. The molecule has 1 amide bonds. The van der Waals surface area contributed by atoms with Crippen LogP contribution >= 0.6 is 0 Å². The number of nitrogens with zero attached hydrogens (tertiary/aromatic N) is 1. The maximum Gasteiger partial charge on any atom is 0.336 e. The molecule has 0 aliphatic rings. The molecule has 0 saturated heterocycles. The first-order chi connectivity index (χ1) is 13.8. The van der Waals surface area contributed by atoms with Gasteiger partial charge in [0, 0.05) is 12.1 Å². The fourth-order valence-electron chi connectivity index (χ4n) is 2.69. The summed E-state index contributed by atoms with van der Waals surface area (Å²) < 4.78 is 5.00. The number of aromatic carboxylic acids is 1. The topological polar surface area (TPSA) is 136 Å². The molecule has 0 fully saturated rings. The Morgan fingerprint density at radius 1 is 1.10 bits per heavy atom. The Morgan fingerprint density at radius 2 is 1.72 bits per heavy atom. The second-order valence-corrected chi connectivity index (χ2v) is 6.09. The van der Waals surface area contributed by atoms with Gasteiger partial charge < -0.3 is 15.2 Å². The number of nitrogens with one attached hydrogen (secondary N) is 1. The van der Waals surface area contributed by atoms with Crippen molar-refractivity contribution in [2.24, 2.45) is 0 Å². The van der Waals surface area contributed by atoms with E-state index < -0.39 is 28.8 Å². The number of non-ortho nitro benzene ring substituents is 1. The van der Waals surface area contributed by atoms with Gasteiger partial charge in [-0.25, -0.2) is 9.59 Å². The molecule has 2 N–H and O–H groups in total. The van der Waals surface area contributed by atoms with E-state index in [0.29, 0.717) is 6.42 Å². The van der Waals surface area contributed by atoms with Gasteiger partial charge >= 0.3 is 11.9 Å². The van der Waals surface area contributed by atoms with Crippen molar-refractivity contribution in [3.05, 3.63) is 75.3 Å². The molecule has 2 aromatic rings. The van der Waals surface area contributed by atoms with Crippen LogP contribution in [0.4, 0.5) is 5.69 Å². The molecule has 2 rings (SSSR count). The Hall–Kier alpha value is -3.75. The van der Waals surface area contributed by atoms with Crippen LogP contribution < -0.4 is 5.32 Å². The first kappa shape index (κ1) is 21.5. The molecule has 2 aromatic carbocycles. The highest BCUT2D eigenvalue weighted by molar-refractivity contribution is 6.05. The number of esters is 1. The van der Waals surface area contributed by atoms with Crippen molar-refractivity contribution in [2.75, 3.05) is 6.61 Å². The summed E-state index contributed by atoms with van der Waals surface area (Å²) in [7, 11) is 0. The normalized spacial score (nSPS) is 11.3. The third-order valence-electron chi connectivity index (χ3n) is 4.15. The van der Waals surface area contributed by atoms with Gasteiger partial charge in [0.05, 0.1) is 22.7 Å². The van der Waals surface area contributed by atoms with Crippen LogP contribution in [0.15, 0.2) is 48.5 Å². The molecule has 9 nitrogen and oxygen atoms in total. The highest BCUT2D eigenvalue weighted by atomic mass is 16.6. The molecule has 0 heterocycles. The number of carbonyl (C=O) groups is 3. The third-order valence-corrected chi connectivity index (χ3v) is 4.15. The lowest BCUT2D eigenvalue weighted by atomic mass is 10.0. The second kappa shape index (κ2) is 9.98. The number of hydrogen-bond acceptors (Lipinski definition) is 6. The van der Waals surface area contributed by atoms with E-state index in [1.54, 1.807) is 19.1 Å². The molecule has 0 aromatic heterocycles. The SMILES string of the molecule is CCOC(=O)[C@@H](CCc1ccc([N+](=O)[O-])cc1)NC(=O)c1ccccc1C(=O)O. The molecule has 0 aliphatic heterocycles. The number of carboxylic acid groups (broad SMARTS) is 1.